The molecule has 1 aliphatic heterocycles. The predicted molar refractivity (Wildman–Crippen MR) is 112 cm³/mol. The van der Waals surface area contributed by atoms with E-state index in [4.69, 9.17) is 0 Å². The zero-order valence-corrected chi connectivity index (χ0v) is 15.9. The number of rotatable bonds is 5. The third kappa shape index (κ3) is 3.30. The molecule has 0 spiro atoms. The summed E-state index contributed by atoms with van der Waals surface area (Å²) in [5, 5.41) is 16.4. The number of hydrazone groups is 1. The fourth-order valence-corrected chi connectivity index (χ4v) is 3.25. The minimum atomic E-state index is -0.526. The maximum Gasteiger partial charge on any atom is 0.293 e. The van der Waals surface area contributed by atoms with Gasteiger partial charge in [-0.3, -0.25) is 19.7 Å². The molecule has 3 aromatic rings. The second-order valence-corrected chi connectivity index (χ2v) is 6.61. The lowest BCUT2D eigenvalue weighted by atomic mass is 10.1. The van der Waals surface area contributed by atoms with Gasteiger partial charge in [0.25, 0.3) is 17.5 Å². The Balaban J connectivity index is 1.63. The molecule has 4 rings (SSSR count). The summed E-state index contributed by atoms with van der Waals surface area (Å²) < 4.78 is 0. The third-order valence-electron chi connectivity index (χ3n) is 4.80. The summed E-state index contributed by atoms with van der Waals surface area (Å²) in [6, 6.07) is 20.3. The maximum absolute atomic E-state index is 12.4. The van der Waals surface area contributed by atoms with Crippen LogP contribution in [0.4, 0.5) is 17.1 Å². The van der Waals surface area contributed by atoms with Crippen molar-refractivity contribution in [3.8, 4) is 0 Å². The van der Waals surface area contributed by atoms with Crippen molar-refractivity contribution in [1.82, 2.24) is 5.01 Å². The van der Waals surface area contributed by atoms with Crippen LogP contribution in [0.2, 0.25) is 0 Å². The Morgan fingerprint density at radius 3 is 2.13 bits per heavy atom. The Morgan fingerprint density at radius 1 is 0.933 bits per heavy atom. The lowest BCUT2D eigenvalue weighted by Crippen LogP contribution is -2.24. The third-order valence-corrected chi connectivity index (χ3v) is 4.80. The van der Waals surface area contributed by atoms with Crippen molar-refractivity contribution in [3.63, 3.8) is 0 Å². The van der Waals surface area contributed by atoms with Gasteiger partial charge < -0.3 is 4.90 Å². The molecule has 30 heavy (non-hydrogen) atoms. The molecule has 0 fully saturated rings. The van der Waals surface area contributed by atoms with E-state index in [0.717, 1.165) is 10.7 Å². The smallest absolute Gasteiger partial charge is 0.293 e. The number of imide groups is 1. The van der Waals surface area contributed by atoms with E-state index in [0.29, 0.717) is 11.3 Å². The van der Waals surface area contributed by atoms with E-state index < -0.39 is 16.7 Å². The summed E-state index contributed by atoms with van der Waals surface area (Å²) in [5.74, 6) is -1.05. The largest absolute Gasteiger partial charge is 0.339 e. The van der Waals surface area contributed by atoms with Gasteiger partial charge in [0.05, 0.1) is 22.3 Å². The van der Waals surface area contributed by atoms with Gasteiger partial charge in [-0.05, 0) is 30.3 Å². The van der Waals surface area contributed by atoms with Crippen molar-refractivity contribution in [2.45, 2.75) is 0 Å². The van der Waals surface area contributed by atoms with Crippen LogP contribution >= 0.6 is 0 Å². The van der Waals surface area contributed by atoms with Crippen molar-refractivity contribution in [2.24, 2.45) is 5.10 Å². The first-order valence-electron chi connectivity index (χ1n) is 9.06. The molecule has 8 nitrogen and oxygen atoms in total. The standard InChI is InChI=1S/C22H16N4O4/c1-24(16-7-3-2-4-8-16)19-12-11-15(13-20(19)26(29)30)14-23-25-21(27)17-9-5-6-10-18(17)22(25)28/h2-14H,1H3/b23-14-. The maximum atomic E-state index is 12.4. The van der Waals surface area contributed by atoms with Gasteiger partial charge in [0.15, 0.2) is 0 Å². The van der Waals surface area contributed by atoms with E-state index in [1.165, 1.54) is 12.3 Å². The molecule has 0 radical (unpaired) electrons. The van der Waals surface area contributed by atoms with Gasteiger partial charge in [-0.2, -0.15) is 10.1 Å². The number of nitro benzene ring substituents is 1. The Kier molecular flexibility index (Phi) is 4.81. The molecule has 0 atom stereocenters. The van der Waals surface area contributed by atoms with Crippen molar-refractivity contribution < 1.29 is 14.5 Å². The highest BCUT2D eigenvalue weighted by Crippen LogP contribution is 2.33. The van der Waals surface area contributed by atoms with E-state index in [-0.39, 0.29) is 16.8 Å². The normalized spacial score (nSPS) is 13.0. The number of hydrogen-bond donors (Lipinski definition) is 0. The number of anilines is 2. The molecule has 0 saturated carbocycles. The lowest BCUT2D eigenvalue weighted by molar-refractivity contribution is -0.384. The van der Waals surface area contributed by atoms with Gasteiger partial charge >= 0.3 is 0 Å². The predicted octanol–water partition coefficient (Wildman–Crippen LogP) is 3.99. The lowest BCUT2D eigenvalue weighted by Gasteiger charge is -2.19. The van der Waals surface area contributed by atoms with E-state index in [1.54, 1.807) is 48.3 Å². The average Bonchev–Trinajstić information content (AvgIpc) is 3.02. The van der Waals surface area contributed by atoms with Gasteiger partial charge in [0.2, 0.25) is 0 Å². The summed E-state index contributed by atoms with van der Waals surface area (Å²) in [4.78, 5) is 37.6. The van der Waals surface area contributed by atoms with Gasteiger partial charge in [-0.15, -0.1) is 0 Å². The summed E-state index contributed by atoms with van der Waals surface area (Å²) in [7, 11) is 1.74. The fraction of sp³-hybridized carbons (Fsp3) is 0.0455. The number of nitro groups is 1. The minimum absolute atomic E-state index is 0.118. The van der Waals surface area contributed by atoms with Crippen LogP contribution in [0.3, 0.4) is 0 Å². The zero-order chi connectivity index (χ0) is 21.3. The van der Waals surface area contributed by atoms with E-state index in [1.807, 2.05) is 30.3 Å². The number of para-hydroxylation sites is 1. The van der Waals surface area contributed by atoms with Crippen LogP contribution in [0, 0.1) is 10.1 Å². The number of fused-ring (bicyclic) bond motifs is 1. The van der Waals surface area contributed by atoms with Crippen molar-refractivity contribution >= 4 is 35.1 Å². The Hall–Kier alpha value is -4.33. The highest BCUT2D eigenvalue weighted by atomic mass is 16.6. The summed E-state index contributed by atoms with van der Waals surface area (Å²) in [5.41, 5.74) is 2.05. The van der Waals surface area contributed by atoms with Crippen LogP contribution in [0.1, 0.15) is 26.3 Å². The first-order chi connectivity index (χ1) is 14.5. The molecule has 0 bridgehead atoms. The van der Waals surface area contributed by atoms with Gasteiger partial charge in [-0.25, -0.2) is 0 Å². The molecule has 2 amide bonds. The zero-order valence-electron chi connectivity index (χ0n) is 15.9. The molecule has 0 aliphatic carbocycles. The molecule has 1 aliphatic rings. The summed E-state index contributed by atoms with van der Waals surface area (Å²) >= 11 is 0. The Bertz CT molecular complexity index is 1160. The molecule has 0 aromatic heterocycles. The number of carbonyl (C=O) groups is 2. The molecule has 3 aromatic carbocycles. The van der Waals surface area contributed by atoms with Gasteiger partial charge in [-0.1, -0.05) is 36.4 Å². The number of carbonyl (C=O) groups excluding carboxylic acids is 2. The number of benzene rings is 3. The quantitative estimate of drug-likeness (QED) is 0.279. The first-order valence-corrected chi connectivity index (χ1v) is 9.06. The molecule has 148 valence electrons. The van der Waals surface area contributed by atoms with Crippen molar-refractivity contribution in [2.75, 3.05) is 11.9 Å². The highest BCUT2D eigenvalue weighted by molar-refractivity contribution is 6.21. The molecule has 1 heterocycles. The second-order valence-electron chi connectivity index (χ2n) is 6.61. The van der Waals surface area contributed by atoms with Crippen LogP contribution in [-0.2, 0) is 0 Å². The van der Waals surface area contributed by atoms with Crippen LogP contribution in [0.5, 0.6) is 0 Å². The van der Waals surface area contributed by atoms with Gasteiger partial charge in [0, 0.05) is 24.4 Å². The summed E-state index contributed by atoms with van der Waals surface area (Å²) in [6.45, 7) is 0. The summed E-state index contributed by atoms with van der Waals surface area (Å²) in [6.07, 6.45) is 1.26. The van der Waals surface area contributed by atoms with Crippen LogP contribution < -0.4 is 4.90 Å². The van der Waals surface area contributed by atoms with E-state index >= 15 is 0 Å². The second kappa shape index (κ2) is 7.59. The number of hydrogen-bond acceptors (Lipinski definition) is 6. The number of nitrogens with zero attached hydrogens (tertiary/aromatic N) is 4. The minimum Gasteiger partial charge on any atom is -0.339 e. The van der Waals surface area contributed by atoms with Gasteiger partial charge in [0.1, 0.15) is 5.69 Å². The topological polar surface area (TPSA) is 96.1 Å². The SMILES string of the molecule is CN(c1ccccc1)c1ccc(/C=N\N2C(=O)c3ccccc3C2=O)cc1[N+](=O)[O-]. The Morgan fingerprint density at radius 2 is 1.53 bits per heavy atom. The van der Waals surface area contributed by atoms with E-state index in [2.05, 4.69) is 5.10 Å². The molecular formula is C22H16N4O4. The van der Waals surface area contributed by atoms with Crippen LogP contribution in [0.15, 0.2) is 77.9 Å². The molecule has 0 N–H and O–H groups in total. The van der Waals surface area contributed by atoms with Crippen LogP contribution in [0.25, 0.3) is 0 Å². The van der Waals surface area contributed by atoms with Crippen molar-refractivity contribution in [1.29, 1.82) is 0 Å². The Labute approximate surface area is 171 Å². The van der Waals surface area contributed by atoms with Crippen LogP contribution in [-0.4, -0.2) is 35.0 Å². The number of amides is 2. The molecular weight excluding hydrogens is 384 g/mol. The molecule has 8 heteroatoms. The van der Waals surface area contributed by atoms with Crippen molar-refractivity contribution in [3.05, 3.63) is 99.6 Å². The molecule has 0 saturated heterocycles. The fourth-order valence-electron chi connectivity index (χ4n) is 3.25. The van der Waals surface area contributed by atoms with E-state index in [9.17, 15) is 19.7 Å². The average molecular weight is 400 g/mol. The molecule has 0 unspecified atom stereocenters. The first kappa shape index (κ1) is 19.0. The monoisotopic (exact) mass is 400 g/mol. The highest BCUT2D eigenvalue weighted by Gasteiger charge is 2.35.